The number of hydrogen-bond acceptors (Lipinski definition) is 7. The molecule has 3 aromatic carbocycles. The van der Waals surface area contributed by atoms with E-state index in [-0.39, 0.29) is 22.1 Å². The number of carbonyl (C=O) groups is 1. The van der Waals surface area contributed by atoms with E-state index in [0.29, 0.717) is 15.2 Å². The molecule has 0 saturated heterocycles. The number of rotatable bonds is 5. The normalized spacial score (nSPS) is 12.3. The Labute approximate surface area is 197 Å². The van der Waals surface area contributed by atoms with Crippen LogP contribution in [0.15, 0.2) is 82.5 Å². The fourth-order valence-electron chi connectivity index (χ4n) is 3.47. The van der Waals surface area contributed by atoms with E-state index in [1.807, 2.05) is 24.3 Å². The first kappa shape index (κ1) is 21.8. The zero-order valence-corrected chi connectivity index (χ0v) is 19.4. The molecule has 0 aliphatic heterocycles. The quantitative estimate of drug-likeness (QED) is 0.379. The minimum Gasteiger partial charge on any atom is -0.379 e. The zero-order chi connectivity index (χ0) is 23.9. The lowest BCUT2D eigenvalue weighted by Crippen LogP contribution is -2.22. The molecule has 0 bridgehead atoms. The standard InChI is InChI=1S/C24H17N3O5S2/c1-15(28)25-17-8-12-19(13-9-17)34(30,31)32-18-10-6-16(7-11-18)14-22-23(29)27-21-5-3-2-4-20(21)26-24(27)33-22/h2-14H,1H3,(H,25,28)/b22-14-. The van der Waals surface area contributed by atoms with Crippen molar-refractivity contribution in [2.45, 2.75) is 11.8 Å². The predicted molar refractivity (Wildman–Crippen MR) is 131 cm³/mol. The molecule has 0 fully saturated rings. The van der Waals surface area contributed by atoms with Gasteiger partial charge in [-0.1, -0.05) is 35.6 Å². The summed E-state index contributed by atoms with van der Waals surface area (Å²) < 4.78 is 32.5. The van der Waals surface area contributed by atoms with Crippen molar-refractivity contribution in [1.82, 2.24) is 9.38 Å². The Balaban J connectivity index is 1.38. The number of hydrogen-bond donors (Lipinski definition) is 1. The van der Waals surface area contributed by atoms with Gasteiger partial charge in [-0.25, -0.2) is 9.38 Å². The summed E-state index contributed by atoms with van der Waals surface area (Å²) in [5.74, 6) is -0.116. The Morgan fingerprint density at radius 2 is 1.74 bits per heavy atom. The van der Waals surface area contributed by atoms with Crippen LogP contribution in [0.5, 0.6) is 5.75 Å². The van der Waals surface area contributed by atoms with Gasteiger partial charge < -0.3 is 9.50 Å². The Hall–Kier alpha value is -4.02. The summed E-state index contributed by atoms with van der Waals surface area (Å²) in [6, 6.07) is 19.5. The molecule has 0 atom stereocenters. The van der Waals surface area contributed by atoms with Crippen LogP contribution in [-0.4, -0.2) is 23.7 Å². The van der Waals surface area contributed by atoms with Gasteiger partial charge in [-0.2, -0.15) is 8.42 Å². The van der Waals surface area contributed by atoms with Gasteiger partial charge in [0.2, 0.25) is 5.91 Å². The fourth-order valence-corrected chi connectivity index (χ4v) is 5.38. The van der Waals surface area contributed by atoms with Crippen LogP contribution in [0.3, 0.4) is 0 Å². The van der Waals surface area contributed by atoms with Crippen molar-refractivity contribution in [1.29, 1.82) is 0 Å². The average molecular weight is 492 g/mol. The number of para-hydroxylation sites is 2. The summed E-state index contributed by atoms with van der Waals surface area (Å²) >= 11 is 1.29. The van der Waals surface area contributed by atoms with E-state index in [0.717, 1.165) is 16.6 Å². The van der Waals surface area contributed by atoms with Crippen molar-refractivity contribution in [2.24, 2.45) is 0 Å². The number of imidazole rings is 1. The van der Waals surface area contributed by atoms with Gasteiger partial charge in [0.1, 0.15) is 10.6 Å². The molecule has 1 amide bonds. The lowest BCUT2D eigenvalue weighted by Gasteiger charge is -2.08. The van der Waals surface area contributed by atoms with Gasteiger partial charge in [0.05, 0.1) is 15.6 Å². The second kappa shape index (κ2) is 8.40. The van der Waals surface area contributed by atoms with Crippen LogP contribution < -0.4 is 19.6 Å². The van der Waals surface area contributed by atoms with E-state index in [9.17, 15) is 18.0 Å². The van der Waals surface area contributed by atoms with Crippen LogP contribution in [0, 0.1) is 0 Å². The molecule has 0 spiro atoms. The van der Waals surface area contributed by atoms with Crippen molar-refractivity contribution in [3.63, 3.8) is 0 Å². The maximum absolute atomic E-state index is 12.9. The number of fused-ring (bicyclic) bond motifs is 3. The molecule has 2 aromatic heterocycles. The highest BCUT2D eigenvalue weighted by atomic mass is 32.2. The number of anilines is 1. The van der Waals surface area contributed by atoms with Gasteiger partial charge in [-0.15, -0.1) is 0 Å². The summed E-state index contributed by atoms with van der Waals surface area (Å²) in [4.78, 5) is 29.1. The van der Waals surface area contributed by atoms with Gasteiger partial charge in [-0.3, -0.25) is 9.59 Å². The molecule has 34 heavy (non-hydrogen) atoms. The minimum absolute atomic E-state index is 0.0394. The van der Waals surface area contributed by atoms with Crippen molar-refractivity contribution in [2.75, 3.05) is 5.32 Å². The third-order valence-electron chi connectivity index (χ3n) is 4.99. The van der Waals surface area contributed by atoms with Gasteiger partial charge in [-0.05, 0) is 60.2 Å². The molecule has 0 aliphatic rings. The largest absolute Gasteiger partial charge is 0.379 e. The molecule has 0 aliphatic carbocycles. The van der Waals surface area contributed by atoms with E-state index in [2.05, 4.69) is 10.3 Å². The summed E-state index contributed by atoms with van der Waals surface area (Å²) in [5, 5.41) is 2.57. The van der Waals surface area contributed by atoms with Crippen LogP contribution >= 0.6 is 11.3 Å². The number of nitrogens with zero attached hydrogens (tertiary/aromatic N) is 2. The van der Waals surface area contributed by atoms with E-state index >= 15 is 0 Å². The molecule has 5 aromatic rings. The molecular formula is C24H17N3O5S2. The third kappa shape index (κ3) is 4.16. The summed E-state index contributed by atoms with van der Waals surface area (Å²) in [6.45, 7) is 1.37. The molecule has 10 heteroatoms. The first-order valence-corrected chi connectivity index (χ1v) is 12.4. The van der Waals surface area contributed by atoms with Gasteiger partial charge in [0.15, 0.2) is 4.96 Å². The number of aromatic nitrogens is 2. The lowest BCUT2D eigenvalue weighted by atomic mass is 10.2. The van der Waals surface area contributed by atoms with Gasteiger partial charge in [0.25, 0.3) is 5.56 Å². The molecule has 8 nitrogen and oxygen atoms in total. The Kier molecular flexibility index (Phi) is 5.39. The van der Waals surface area contributed by atoms with Gasteiger partial charge in [0, 0.05) is 12.6 Å². The molecule has 170 valence electrons. The third-order valence-corrected chi connectivity index (χ3v) is 7.22. The highest BCUT2D eigenvalue weighted by Gasteiger charge is 2.17. The van der Waals surface area contributed by atoms with Crippen LogP contribution in [0.4, 0.5) is 5.69 Å². The first-order chi connectivity index (χ1) is 16.3. The second-order valence-electron chi connectivity index (χ2n) is 7.45. The molecular weight excluding hydrogens is 474 g/mol. The predicted octanol–water partition coefficient (Wildman–Crippen LogP) is 3.18. The Bertz CT molecular complexity index is 1750. The monoisotopic (exact) mass is 491 g/mol. The Morgan fingerprint density at radius 3 is 2.44 bits per heavy atom. The van der Waals surface area contributed by atoms with Crippen molar-refractivity contribution in [3.8, 4) is 5.75 Å². The maximum atomic E-state index is 12.9. The summed E-state index contributed by atoms with van der Waals surface area (Å²) in [7, 11) is -4.05. The maximum Gasteiger partial charge on any atom is 0.339 e. The highest BCUT2D eigenvalue weighted by Crippen LogP contribution is 2.21. The van der Waals surface area contributed by atoms with Crippen LogP contribution in [0.25, 0.3) is 22.1 Å². The molecule has 1 N–H and O–H groups in total. The van der Waals surface area contributed by atoms with E-state index in [1.165, 1.54) is 54.7 Å². The molecule has 0 saturated carbocycles. The number of amides is 1. The number of thiazole rings is 1. The lowest BCUT2D eigenvalue weighted by molar-refractivity contribution is -0.114. The summed E-state index contributed by atoms with van der Waals surface area (Å²) in [6.07, 6.45) is 1.73. The first-order valence-electron chi connectivity index (χ1n) is 10.1. The molecule has 0 radical (unpaired) electrons. The average Bonchev–Trinajstić information content (AvgIpc) is 3.31. The minimum atomic E-state index is -4.05. The number of carbonyl (C=O) groups excluding carboxylic acids is 1. The van der Waals surface area contributed by atoms with Crippen LogP contribution in [0.2, 0.25) is 0 Å². The van der Waals surface area contributed by atoms with Crippen LogP contribution in [0.1, 0.15) is 12.5 Å². The molecule has 2 heterocycles. The van der Waals surface area contributed by atoms with Crippen molar-refractivity contribution in [3.05, 3.63) is 93.2 Å². The highest BCUT2D eigenvalue weighted by molar-refractivity contribution is 7.87. The molecule has 0 unspecified atom stereocenters. The van der Waals surface area contributed by atoms with E-state index < -0.39 is 10.1 Å². The van der Waals surface area contributed by atoms with Crippen LogP contribution in [-0.2, 0) is 14.9 Å². The fraction of sp³-hybridized carbons (Fsp3) is 0.0417. The van der Waals surface area contributed by atoms with E-state index in [1.54, 1.807) is 22.6 Å². The zero-order valence-electron chi connectivity index (χ0n) is 17.8. The Morgan fingerprint density at radius 1 is 1.03 bits per heavy atom. The SMILES string of the molecule is CC(=O)Nc1ccc(S(=O)(=O)Oc2ccc(/C=c3\sc4nc5ccccc5n4c3=O)cc2)cc1. The second-order valence-corrected chi connectivity index (χ2v) is 10.0. The smallest absolute Gasteiger partial charge is 0.339 e. The number of benzene rings is 3. The topological polar surface area (TPSA) is 107 Å². The van der Waals surface area contributed by atoms with Crippen molar-refractivity contribution >= 4 is 55.1 Å². The van der Waals surface area contributed by atoms with Gasteiger partial charge >= 0.3 is 10.1 Å². The summed E-state index contributed by atoms with van der Waals surface area (Å²) in [5.41, 5.74) is 2.58. The van der Waals surface area contributed by atoms with Crippen molar-refractivity contribution < 1.29 is 17.4 Å². The van der Waals surface area contributed by atoms with E-state index in [4.69, 9.17) is 4.18 Å². The molecule has 5 rings (SSSR count). The number of nitrogens with one attached hydrogen (secondary N) is 1.